The largest absolute Gasteiger partial charge is 0.374 e. The number of anilines is 2. The van der Waals surface area contributed by atoms with Crippen LogP contribution in [0.4, 0.5) is 11.5 Å². The highest BCUT2D eigenvalue weighted by Crippen LogP contribution is 2.34. The second-order valence-corrected chi connectivity index (χ2v) is 11.3. The van der Waals surface area contributed by atoms with Crippen molar-refractivity contribution in [3.05, 3.63) is 52.8 Å². The molecule has 2 fully saturated rings. The molecule has 0 aliphatic carbocycles. The second kappa shape index (κ2) is 10.7. The van der Waals surface area contributed by atoms with E-state index in [2.05, 4.69) is 79.9 Å². The smallest absolute Gasteiger partial charge is 0.256 e. The average molecular weight is 503 g/mol. The number of carbonyl (C=O) groups excluding carboxylic acids is 1. The number of fused-ring (bicyclic) bond motifs is 1. The fraction of sp³-hybridized carbons (Fsp3) is 0.567. The SMILES string of the molecule is CCCCN(C)c1ccc(C)cc1C(=O)N1CCCC[C@H]1c1cc2nc(N3CC[C@H](C)C3)c(C)cn2n1. The van der Waals surface area contributed by atoms with Gasteiger partial charge in [0.15, 0.2) is 5.65 Å². The lowest BCUT2D eigenvalue weighted by molar-refractivity contribution is 0.0606. The Morgan fingerprint density at radius 3 is 2.73 bits per heavy atom. The zero-order chi connectivity index (χ0) is 26.1. The van der Waals surface area contributed by atoms with Crippen LogP contribution in [0.25, 0.3) is 5.65 Å². The molecule has 2 aliphatic rings. The molecule has 0 N–H and O–H groups in total. The molecule has 37 heavy (non-hydrogen) atoms. The molecule has 1 aromatic carbocycles. The summed E-state index contributed by atoms with van der Waals surface area (Å²) in [6.45, 7) is 12.5. The van der Waals surface area contributed by atoms with E-state index >= 15 is 0 Å². The monoisotopic (exact) mass is 502 g/mol. The van der Waals surface area contributed by atoms with Crippen LogP contribution in [0, 0.1) is 19.8 Å². The minimum absolute atomic E-state index is 0.0344. The zero-order valence-corrected chi connectivity index (χ0v) is 23.2. The van der Waals surface area contributed by atoms with Crippen LogP contribution in [0.5, 0.6) is 0 Å². The Hall–Kier alpha value is -3.09. The van der Waals surface area contributed by atoms with Crippen molar-refractivity contribution in [1.82, 2.24) is 19.5 Å². The van der Waals surface area contributed by atoms with Crippen molar-refractivity contribution in [2.24, 2.45) is 5.92 Å². The first-order chi connectivity index (χ1) is 17.9. The van der Waals surface area contributed by atoms with Crippen LogP contribution >= 0.6 is 0 Å². The molecule has 0 spiro atoms. The summed E-state index contributed by atoms with van der Waals surface area (Å²) in [5, 5.41) is 4.95. The Bertz CT molecular complexity index is 1270. The van der Waals surface area contributed by atoms with E-state index in [1.54, 1.807) is 0 Å². The van der Waals surface area contributed by atoms with E-state index in [1.165, 1.54) is 6.42 Å². The highest BCUT2D eigenvalue weighted by atomic mass is 16.2. The van der Waals surface area contributed by atoms with Crippen LogP contribution in [0.3, 0.4) is 0 Å². The molecule has 2 atom stereocenters. The molecular formula is C30H42N6O. The van der Waals surface area contributed by atoms with E-state index in [9.17, 15) is 4.79 Å². The van der Waals surface area contributed by atoms with Gasteiger partial charge in [0.1, 0.15) is 5.82 Å². The number of likely N-dealkylation sites (tertiary alicyclic amines) is 1. The Kier molecular flexibility index (Phi) is 7.40. The van der Waals surface area contributed by atoms with Gasteiger partial charge in [-0.3, -0.25) is 4.79 Å². The second-order valence-electron chi connectivity index (χ2n) is 11.3. The Morgan fingerprint density at radius 2 is 1.97 bits per heavy atom. The first kappa shape index (κ1) is 25.6. The molecule has 1 amide bonds. The molecule has 2 aromatic heterocycles. The van der Waals surface area contributed by atoms with Crippen molar-refractivity contribution in [3.8, 4) is 0 Å². The molecule has 0 radical (unpaired) electrons. The van der Waals surface area contributed by atoms with E-state index in [4.69, 9.17) is 10.1 Å². The van der Waals surface area contributed by atoms with Gasteiger partial charge >= 0.3 is 0 Å². The van der Waals surface area contributed by atoms with E-state index in [-0.39, 0.29) is 11.9 Å². The van der Waals surface area contributed by atoms with Crippen molar-refractivity contribution in [2.75, 3.05) is 43.0 Å². The Balaban J connectivity index is 1.46. The van der Waals surface area contributed by atoms with E-state index in [0.717, 1.165) is 97.8 Å². The quantitative estimate of drug-likeness (QED) is 0.409. The van der Waals surface area contributed by atoms with Gasteiger partial charge in [0, 0.05) is 56.7 Å². The summed E-state index contributed by atoms with van der Waals surface area (Å²) in [6.07, 6.45) is 8.60. The van der Waals surface area contributed by atoms with E-state index < -0.39 is 0 Å². The standard InChI is InChI=1S/C30H42N6O/c1-6-7-14-33(5)26-12-11-21(2)17-24(26)30(37)35-15-9-8-10-27(35)25-18-28-31-29(23(4)20-36(28)32-25)34-16-13-22(3)19-34/h11-12,17-18,20,22,27H,6-10,13-16,19H2,1-5H3/t22-,27-/m0/s1. The molecule has 7 nitrogen and oxygen atoms in total. The predicted molar refractivity (Wildman–Crippen MR) is 151 cm³/mol. The topological polar surface area (TPSA) is 57.0 Å². The molecule has 5 rings (SSSR count). The minimum atomic E-state index is -0.0344. The van der Waals surface area contributed by atoms with E-state index in [0.29, 0.717) is 5.92 Å². The Labute approximate surface area is 221 Å². The van der Waals surface area contributed by atoms with Gasteiger partial charge in [0.25, 0.3) is 5.91 Å². The maximum Gasteiger partial charge on any atom is 0.256 e. The fourth-order valence-corrected chi connectivity index (χ4v) is 5.94. The number of piperidine rings is 1. The maximum absolute atomic E-state index is 14.1. The van der Waals surface area contributed by atoms with Gasteiger partial charge in [-0.15, -0.1) is 0 Å². The van der Waals surface area contributed by atoms with Crippen LogP contribution in [0.1, 0.15) is 85.6 Å². The normalized spacial score (nSPS) is 20.1. The van der Waals surface area contributed by atoms with Crippen LogP contribution < -0.4 is 9.80 Å². The third-order valence-corrected chi connectivity index (χ3v) is 8.09. The number of aromatic nitrogens is 3. The van der Waals surface area contributed by atoms with Gasteiger partial charge < -0.3 is 14.7 Å². The number of benzene rings is 1. The predicted octanol–water partition coefficient (Wildman–Crippen LogP) is 5.80. The van der Waals surface area contributed by atoms with Gasteiger partial charge in [0.05, 0.1) is 17.3 Å². The highest BCUT2D eigenvalue weighted by Gasteiger charge is 2.32. The molecule has 3 aromatic rings. The number of rotatable bonds is 7. The third-order valence-electron chi connectivity index (χ3n) is 8.09. The molecule has 2 aliphatic heterocycles. The first-order valence-corrected chi connectivity index (χ1v) is 14.1. The van der Waals surface area contributed by atoms with E-state index in [1.807, 2.05) is 4.52 Å². The summed E-state index contributed by atoms with van der Waals surface area (Å²) in [7, 11) is 2.10. The summed E-state index contributed by atoms with van der Waals surface area (Å²) < 4.78 is 1.90. The van der Waals surface area contributed by atoms with Crippen LogP contribution in [0.2, 0.25) is 0 Å². The van der Waals surface area contributed by atoms with Gasteiger partial charge in [-0.2, -0.15) is 5.10 Å². The summed E-state index contributed by atoms with van der Waals surface area (Å²) in [4.78, 5) is 25.8. The molecule has 0 unspecified atom stereocenters. The number of hydrogen-bond acceptors (Lipinski definition) is 5. The van der Waals surface area contributed by atoms with Gasteiger partial charge in [0.2, 0.25) is 0 Å². The molecular weight excluding hydrogens is 460 g/mol. The molecule has 0 bridgehead atoms. The van der Waals surface area contributed by atoms with Crippen molar-refractivity contribution in [2.45, 2.75) is 72.3 Å². The highest BCUT2D eigenvalue weighted by molar-refractivity contribution is 6.00. The number of aryl methyl sites for hydroxylation is 2. The summed E-state index contributed by atoms with van der Waals surface area (Å²) in [5.74, 6) is 1.88. The third kappa shape index (κ3) is 5.18. The number of unbranched alkanes of at least 4 members (excludes halogenated alkanes) is 1. The van der Waals surface area contributed by atoms with Crippen LogP contribution in [0.15, 0.2) is 30.5 Å². The van der Waals surface area contributed by atoms with Crippen LogP contribution in [-0.2, 0) is 0 Å². The molecule has 198 valence electrons. The van der Waals surface area contributed by atoms with Crippen molar-refractivity contribution in [1.29, 1.82) is 0 Å². The Morgan fingerprint density at radius 1 is 1.14 bits per heavy atom. The number of hydrogen-bond donors (Lipinski definition) is 0. The van der Waals surface area contributed by atoms with Crippen molar-refractivity contribution >= 4 is 23.1 Å². The fourth-order valence-electron chi connectivity index (χ4n) is 5.94. The maximum atomic E-state index is 14.1. The zero-order valence-electron chi connectivity index (χ0n) is 23.2. The van der Waals surface area contributed by atoms with Crippen molar-refractivity contribution in [3.63, 3.8) is 0 Å². The summed E-state index contributed by atoms with van der Waals surface area (Å²) in [6, 6.07) is 8.34. The number of nitrogens with zero attached hydrogens (tertiary/aromatic N) is 6. The number of carbonyl (C=O) groups is 1. The number of amides is 1. The average Bonchev–Trinajstić information content (AvgIpc) is 3.51. The summed E-state index contributed by atoms with van der Waals surface area (Å²) in [5.41, 5.74) is 5.89. The summed E-state index contributed by atoms with van der Waals surface area (Å²) >= 11 is 0. The van der Waals surface area contributed by atoms with Gasteiger partial charge in [-0.25, -0.2) is 9.50 Å². The minimum Gasteiger partial charge on any atom is -0.374 e. The molecule has 2 saturated heterocycles. The first-order valence-electron chi connectivity index (χ1n) is 14.1. The molecule has 0 saturated carbocycles. The molecule has 4 heterocycles. The lowest BCUT2D eigenvalue weighted by Crippen LogP contribution is -2.39. The van der Waals surface area contributed by atoms with Gasteiger partial charge in [-0.1, -0.05) is 31.9 Å². The molecule has 7 heteroatoms. The van der Waals surface area contributed by atoms with Gasteiger partial charge in [-0.05, 0) is 64.0 Å². The lowest BCUT2D eigenvalue weighted by atomic mass is 9.97. The van der Waals surface area contributed by atoms with Crippen molar-refractivity contribution < 1.29 is 4.79 Å². The lowest BCUT2D eigenvalue weighted by Gasteiger charge is -2.36. The van der Waals surface area contributed by atoms with Crippen LogP contribution in [-0.4, -0.2) is 58.6 Å².